The molecule has 0 heterocycles. The normalized spacial score (nSPS) is 9.37. The molecule has 0 saturated carbocycles. The van der Waals surface area contributed by atoms with Crippen molar-refractivity contribution in [1.82, 2.24) is 0 Å². The van der Waals surface area contributed by atoms with Gasteiger partial charge in [0.05, 0.1) is 6.42 Å². The smallest absolute Gasteiger partial charge is 1.00 e. The van der Waals surface area contributed by atoms with E-state index in [0.29, 0.717) is 0 Å². The van der Waals surface area contributed by atoms with Crippen molar-refractivity contribution in [1.29, 1.82) is 0 Å². The van der Waals surface area contributed by atoms with Crippen LogP contribution < -0.4 is 29.6 Å². The van der Waals surface area contributed by atoms with Gasteiger partial charge in [-0.3, -0.25) is 14.6 Å². The Kier molecular flexibility index (Phi) is 24.9. The van der Waals surface area contributed by atoms with Gasteiger partial charge >= 0.3 is 41.5 Å². The number of carbonyl (C=O) groups is 2. The van der Waals surface area contributed by atoms with Gasteiger partial charge in [0.2, 0.25) is 0 Å². The van der Waals surface area contributed by atoms with E-state index in [9.17, 15) is 9.59 Å². The van der Waals surface area contributed by atoms with Crippen molar-refractivity contribution in [2.24, 2.45) is 4.99 Å². The molecule has 0 atom stereocenters. The quantitative estimate of drug-likeness (QED) is 0.357. The summed E-state index contributed by atoms with van der Waals surface area (Å²) < 4.78 is 0. The molecule has 0 aliphatic heterocycles. The maximum atomic E-state index is 10.1. The number of carboxylic acids is 2. The molecule has 0 radical (unpaired) electrons. The van der Waals surface area contributed by atoms with E-state index in [0.717, 1.165) is 13.0 Å². The molecule has 0 aromatic carbocycles. The number of rotatable bonds is 9. The van der Waals surface area contributed by atoms with Gasteiger partial charge < -0.3 is 11.6 Å². The van der Waals surface area contributed by atoms with E-state index in [1.165, 1.54) is 31.9 Å². The summed E-state index contributed by atoms with van der Waals surface area (Å²) in [6.45, 7) is 4.56. The molecule has 5 nitrogen and oxygen atoms in total. The first-order chi connectivity index (χ1) is 8.54. The van der Waals surface area contributed by atoms with Crippen LogP contribution in [0.1, 0.15) is 60.2 Å². The molecule has 19 heavy (non-hydrogen) atoms. The maximum absolute atomic E-state index is 10.1. The second-order valence-corrected chi connectivity index (χ2v) is 3.85. The van der Waals surface area contributed by atoms with Crippen LogP contribution in [0, 0.1) is 0 Å². The van der Waals surface area contributed by atoms with Crippen molar-refractivity contribution in [2.75, 3.05) is 6.54 Å². The number of aliphatic carboxylic acids is 2. The Morgan fingerprint density at radius 1 is 1.05 bits per heavy atom. The summed E-state index contributed by atoms with van der Waals surface area (Å²) >= 11 is 0. The Bertz CT molecular complexity index is 251. The van der Waals surface area contributed by atoms with E-state index in [1.807, 2.05) is 0 Å². The number of hydrogen-bond donors (Lipinski definition) is 2. The van der Waals surface area contributed by atoms with Crippen LogP contribution in [0.2, 0.25) is 0 Å². The van der Waals surface area contributed by atoms with Crippen molar-refractivity contribution >= 4 is 18.2 Å². The number of nitrogens with zero attached hydrogens (tertiary/aromatic N) is 1. The molecule has 108 valence electrons. The average Bonchev–Trinajstić information content (AvgIpc) is 2.33. The fraction of sp³-hybridized carbons (Fsp3) is 0.769. The van der Waals surface area contributed by atoms with Crippen molar-refractivity contribution in [2.45, 2.75) is 58.8 Å². The molecular weight excluding hydrogens is 257 g/mol. The van der Waals surface area contributed by atoms with E-state index < -0.39 is 11.9 Å². The molecule has 0 amide bonds. The third kappa shape index (κ3) is 31.8. The third-order valence-electron chi connectivity index (χ3n) is 2.09. The predicted molar refractivity (Wildman–Crippen MR) is 73.4 cm³/mol. The number of aliphatic imine (C=N–C) groups is 1. The Balaban J connectivity index is -0.000000158. The van der Waals surface area contributed by atoms with Gasteiger partial charge in [0.1, 0.15) is 0 Å². The van der Waals surface area contributed by atoms with Gasteiger partial charge in [-0.25, -0.2) is 0 Å². The molecule has 0 aromatic heterocycles. The second kappa shape index (κ2) is 19.9. The summed E-state index contributed by atoms with van der Waals surface area (Å²) in [6, 6.07) is 0. The van der Waals surface area contributed by atoms with Gasteiger partial charge in [-0.15, -0.1) is 0 Å². The van der Waals surface area contributed by atoms with Crippen molar-refractivity contribution in [3.8, 4) is 0 Å². The zero-order valence-corrected chi connectivity index (χ0v) is 14.4. The number of carboxylic acid groups (broad SMARTS) is 2. The minimum Gasteiger partial charge on any atom is -1.00 e. The van der Waals surface area contributed by atoms with Crippen LogP contribution in [0.15, 0.2) is 4.99 Å². The SMILES string of the molecule is CCC(=O)O.CCCCCCCN=CCC(=O)O.[H-].[Na+]. The van der Waals surface area contributed by atoms with Gasteiger partial charge in [-0.05, 0) is 6.42 Å². The molecule has 0 aliphatic carbocycles. The standard InChI is InChI=1S/C10H19NO2.C3H6O2.Na.H/c1-2-3-4-5-6-8-11-9-7-10(12)13;1-2-3(4)5;;/h9H,2-8H2,1H3,(H,12,13);2H2,1H3,(H,4,5);;/q;;+1;-1. The summed E-state index contributed by atoms with van der Waals surface area (Å²) in [5.74, 6) is -1.56. The minimum atomic E-state index is -0.810. The molecule has 0 spiro atoms. The summed E-state index contributed by atoms with van der Waals surface area (Å²) in [7, 11) is 0. The fourth-order valence-electron chi connectivity index (χ4n) is 1.04. The first-order valence-corrected chi connectivity index (χ1v) is 6.46. The Labute approximate surface area is 139 Å². The summed E-state index contributed by atoms with van der Waals surface area (Å²) in [4.78, 5) is 23.5. The van der Waals surface area contributed by atoms with Crippen LogP contribution in [0.5, 0.6) is 0 Å². The zero-order chi connectivity index (χ0) is 14.2. The molecule has 0 aromatic rings. The number of hydrogen-bond acceptors (Lipinski definition) is 3. The number of unbranched alkanes of at least 4 members (excludes halogenated alkanes) is 4. The summed E-state index contributed by atoms with van der Waals surface area (Å²) in [5, 5.41) is 16.0. The van der Waals surface area contributed by atoms with Crippen LogP contribution in [0.25, 0.3) is 0 Å². The molecule has 0 rings (SSSR count). The van der Waals surface area contributed by atoms with Crippen LogP contribution in [-0.2, 0) is 9.59 Å². The fourth-order valence-corrected chi connectivity index (χ4v) is 1.04. The van der Waals surface area contributed by atoms with Gasteiger partial charge in [-0.2, -0.15) is 0 Å². The first-order valence-electron chi connectivity index (χ1n) is 6.46. The van der Waals surface area contributed by atoms with Crippen LogP contribution in [0.3, 0.4) is 0 Å². The van der Waals surface area contributed by atoms with Crippen LogP contribution in [0.4, 0.5) is 0 Å². The van der Waals surface area contributed by atoms with E-state index in [2.05, 4.69) is 11.9 Å². The van der Waals surface area contributed by atoms with Gasteiger partial charge in [0.15, 0.2) is 0 Å². The molecule has 0 saturated heterocycles. The molecule has 0 bridgehead atoms. The first kappa shape index (κ1) is 23.7. The van der Waals surface area contributed by atoms with Crippen LogP contribution in [-0.4, -0.2) is 34.9 Å². The molecule has 6 heteroatoms. The topological polar surface area (TPSA) is 87.0 Å². The maximum Gasteiger partial charge on any atom is 1.00 e. The van der Waals surface area contributed by atoms with Crippen LogP contribution >= 0.6 is 0 Å². The molecular formula is C13H26NNaO4. The van der Waals surface area contributed by atoms with Gasteiger partial charge in [-0.1, -0.05) is 39.5 Å². The predicted octanol–water partition coefficient (Wildman–Crippen LogP) is 0.0998. The van der Waals surface area contributed by atoms with Crippen molar-refractivity contribution in [3.05, 3.63) is 0 Å². The van der Waals surface area contributed by atoms with Crippen molar-refractivity contribution in [3.63, 3.8) is 0 Å². The van der Waals surface area contributed by atoms with E-state index in [-0.39, 0.29) is 43.8 Å². The van der Waals surface area contributed by atoms with Crippen molar-refractivity contribution < 1.29 is 50.8 Å². The van der Waals surface area contributed by atoms with E-state index in [1.54, 1.807) is 6.92 Å². The summed E-state index contributed by atoms with van der Waals surface area (Å²) in [5.41, 5.74) is 0. The minimum absolute atomic E-state index is 0. The largest absolute Gasteiger partial charge is 1.00 e. The zero-order valence-electron chi connectivity index (χ0n) is 13.4. The third-order valence-corrected chi connectivity index (χ3v) is 2.09. The summed E-state index contributed by atoms with van der Waals surface area (Å²) in [6.07, 6.45) is 7.86. The van der Waals surface area contributed by atoms with Gasteiger partial charge in [0.25, 0.3) is 0 Å². The van der Waals surface area contributed by atoms with Gasteiger partial charge in [0, 0.05) is 19.2 Å². The molecule has 2 N–H and O–H groups in total. The second-order valence-electron chi connectivity index (χ2n) is 3.85. The molecule has 0 aliphatic rings. The van der Waals surface area contributed by atoms with E-state index >= 15 is 0 Å². The van der Waals surface area contributed by atoms with E-state index in [4.69, 9.17) is 10.2 Å². The Morgan fingerprint density at radius 2 is 1.58 bits per heavy atom. The molecule has 0 unspecified atom stereocenters. The Morgan fingerprint density at radius 3 is 2.00 bits per heavy atom. The Hall–Kier alpha value is -0.390. The molecule has 0 fully saturated rings. The average molecular weight is 283 g/mol. The monoisotopic (exact) mass is 283 g/mol.